The van der Waals surface area contributed by atoms with Crippen LogP contribution in [0.2, 0.25) is 0 Å². The number of hydrogen-bond donors (Lipinski definition) is 0. The molecule has 11 heteroatoms. The van der Waals surface area contributed by atoms with Crippen molar-refractivity contribution in [3.63, 3.8) is 0 Å². The lowest BCUT2D eigenvalue weighted by Gasteiger charge is -2.28. The summed E-state index contributed by atoms with van der Waals surface area (Å²) in [6.07, 6.45) is 3.32. The predicted molar refractivity (Wildman–Crippen MR) is 89.9 cm³/mol. The third-order valence-electron chi connectivity index (χ3n) is 4.19. The highest BCUT2D eigenvalue weighted by Crippen LogP contribution is 2.27. The number of nitrogens with zero attached hydrogens (tertiary/aromatic N) is 4. The maximum Gasteiger partial charge on any atom is 0.277 e. The van der Waals surface area contributed by atoms with Gasteiger partial charge in [0.15, 0.2) is 0 Å². The number of sulfonamides is 1. The number of non-ortho nitro benzene ring substituents is 2. The number of benzene rings is 1. The molecule has 1 aromatic carbocycles. The van der Waals surface area contributed by atoms with Crippen molar-refractivity contribution in [3.8, 4) is 0 Å². The maximum atomic E-state index is 12.6. The molecule has 0 bridgehead atoms. The van der Waals surface area contributed by atoms with Crippen LogP contribution in [-0.4, -0.2) is 60.7 Å². The van der Waals surface area contributed by atoms with E-state index in [9.17, 15) is 28.6 Å². The van der Waals surface area contributed by atoms with Gasteiger partial charge >= 0.3 is 0 Å². The van der Waals surface area contributed by atoms with Crippen LogP contribution in [0, 0.1) is 20.2 Å². The fraction of sp³-hybridized carbons (Fsp3) is 0.571. The zero-order chi connectivity index (χ0) is 18.6. The van der Waals surface area contributed by atoms with Crippen LogP contribution >= 0.6 is 0 Å². The summed E-state index contributed by atoms with van der Waals surface area (Å²) in [5, 5.41) is 21.8. The maximum absolute atomic E-state index is 12.6. The second-order valence-corrected chi connectivity index (χ2v) is 7.97. The average molecular weight is 372 g/mol. The van der Waals surface area contributed by atoms with Gasteiger partial charge in [0, 0.05) is 32.3 Å². The van der Waals surface area contributed by atoms with Gasteiger partial charge in [-0.1, -0.05) is 6.42 Å². The first-order valence-electron chi connectivity index (χ1n) is 7.84. The molecule has 1 fully saturated rings. The van der Waals surface area contributed by atoms with Gasteiger partial charge in [0.1, 0.15) is 0 Å². The Morgan fingerprint density at radius 1 is 1.04 bits per heavy atom. The summed E-state index contributed by atoms with van der Waals surface area (Å²) in [6.45, 7) is 2.58. The second kappa shape index (κ2) is 7.85. The fourth-order valence-corrected chi connectivity index (χ4v) is 3.91. The van der Waals surface area contributed by atoms with Crippen molar-refractivity contribution in [2.45, 2.75) is 24.2 Å². The number of nitro groups is 2. The van der Waals surface area contributed by atoms with Gasteiger partial charge in [-0.3, -0.25) is 20.2 Å². The largest absolute Gasteiger partial charge is 0.302 e. The van der Waals surface area contributed by atoms with Gasteiger partial charge in [-0.25, -0.2) is 8.42 Å². The van der Waals surface area contributed by atoms with Crippen molar-refractivity contribution < 1.29 is 18.3 Å². The molecule has 0 aromatic heterocycles. The zero-order valence-corrected chi connectivity index (χ0v) is 14.6. The van der Waals surface area contributed by atoms with Crippen LogP contribution in [-0.2, 0) is 10.0 Å². The van der Waals surface area contributed by atoms with Gasteiger partial charge in [0.05, 0.1) is 20.8 Å². The van der Waals surface area contributed by atoms with Crippen LogP contribution in [0.25, 0.3) is 0 Å². The van der Waals surface area contributed by atoms with E-state index >= 15 is 0 Å². The molecule has 1 saturated heterocycles. The van der Waals surface area contributed by atoms with E-state index in [0.717, 1.165) is 48.4 Å². The van der Waals surface area contributed by atoms with Gasteiger partial charge in [-0.15, -0.1) is 0 Å². The molecule has 1 aromatic rings. The summed E-state index contributed by atoms with van der Waals surface area (Å²) in [6, 6.07) is 2.44. The molecule has 2 rings (SSSR count). The highest BCUT2D eigenvalue weighted by Gasteiger charge is 2.27. The first kappa shape index (κ1) is 19.2. The van der Waals surface area contributed by atoms with Crippen LogP contribution in [0.3, 0.4) is 0 Å². The number of likely N-dealkylation sites (N-methyl/N-ethyl adjacent to an activating group) is 1. The standard InChI is InChI=1S/C14H20N4O6S/c1-15(7-8-16-5-3-2-4-6-16)25(23,24)14-10-12(17(19)20)9-13(11-14)18(21)22/h9-11H,2-8H2,1H3. The zero-order valence-electron chi connectivity index (χ0n) is 13.8. The first-order valence-corrected chi connectivity index (χ1v) is 9.28. The molecule has 138 valence electrons. The molecular formula is C14H20N4O6S. The molecule has 10 nitrogen and oxygen atoms in total. The Morgan fingerprint density at radius 2 is 1.56 bits per heavy atom. The topological polar surface area (TPSA) is 127 Å². The monoisotopic (exact) mass is 372 g/mol. The molecule has 0 atom stereocenters. The molecular weight excluding hydrogens is 352 g/mol. The third-order valence-corrected chi connectivity index (χ3v) is 6.02. The number of hydrogen-bond acceptors (Lipinski definition) is 7. The molecule has 25 heavy (non-hydrogen) atoms. The summed E-state index contributed by atoms with van der Waals surface area (Å²) >= 11 is 0. The van der Waals surface area contributed by atoms with Gasteiger partial charge in [0.2, 0.25) is 10.0 Å². The van der Waals surface area contributed by atoms with Crippen molar-refractivity contribution in [1.29, 1.82) is 0 Å². The molecule has 0 unspecified atom stereocenters. The fourth-order valence-electron chi connectivity index (χ4n) is 2.69. The lowest BCUT2D eigenvalue weighted by Crippen LogP contribution is -2.38. The van der Waals surface area contributed by atoms with E-state index in [1.54, 1.807) is 0 Å². The summed E-state index contributed by atoms with van der Waals surface area (Å²) in [7, 11) is -2.69. The second-order valence-electron chi connectivity index (χ2n) is 5.93. The lowest BCUT2D eigenvalue weighted by molar-refractivity contribution is -0.394. The Hall–Kier alpha value is -2.11. The molecule has 1 aliphatic heterocycles. The normalized spacial score (nSPS) is 16.1. The summed E-state index contributed by atoms with van der Waals surface area (Å²) < 4.78 is 26.3. The van der Waals surface area contributed by atoms with E-state index < -0.39 is 36.1 Å². The highest BCUT2D eigenvalue weighted by atomic mass is 32.2. The molecule has 0 spiro atoms. The van der Waals surface area contributed by atoms with Gasteiger partial charge in [-0.05, 0) is 25.9 Å². The Morgan fingerprint density at radius 3 is 2.04 bits per heavy atom. The van der Waals surface area contributed by atoms with E-state index in [4.69, 9.17) is 0 Å². The van der Waals surface area contributed by atoms with Gasteiger partial charge < -0.3 is 4.90 Å². The van der Waals surface area contributed by atoms with Gasteiger partial charge in [-0.2, -0.15) is 4.31 Å². The SMILES string of the molecule is CN(CCN1CCCCC1)S(=O)(=O)c1cc([N+](=O)[O-])cc([N+](=O)[O-])c1. The Kier molecular flexibility index (Phi) is 6.03. The number of nitro benzene ring substituents is 2. The highest BCUT2D eigenvalue weighted by molar-refractivity contribution is 7.89. The van der Waals surface area contributed by atoms with Gasteiger partial charge in [0.25, 0.3) is 11.4 Å². The predicted octanol–water partition coefficient (Wildman–Crippen LogP) is 1.61. The molecule has 0 radical (unpaired) electrons. The molecule has 1 heterocycles. The molecule has 0 N–H and O–H groups in total. The Balaban J connectivity index is 2.21. The quantitative estimate of drug-likeness (QED) is 0.525. The van der Waals surface area contributed by atoms with E-state index in [1.807, 2.05) is 0 Å². The molecule has 0 aliphatic carbocycles. The number of likely N-dealkylation sites (tertiary alicyclic amines) is 1. The molecule has 1 aliphatic rings. The van der Waals surface area contributed by atoms with Crippen molar-refractivity contribution in [2.24, 2.45) is 0 Å². The van der Waals surface area contributed by atoms with E-state index in [-0.39, 0.29) is 6.54 Å². The van der Waals surface area contributed by atoms with Crippen molar-refractivity contribution in [1.82, 2.24) is 9.21 Å². The molecule has 0 amide bonds. The minimum absolute atomic E-state index is 0.207. The number of rotatable bonds is 7. The van der Waals surface area contributed by atoms with Crippen LogP contribution in [0.15, 0.2) is 23.1 Å². The smallest absolute Gasteiger partial charge is 0.277 e. The van der Waals surface area contributed by atoms with E-state index in [1.165, 1.54) is 13.5 Å². The van der Waals surface area contributed by atoms with Crippen LogP contribution in [0.4, 0.5) is 11.4 Å². The minimum atomic E-state index is -4.05. The number of piperidine rings is 1. The van der Waals surface area contributed by atoms with Crippen molar-refractivity contribution >= 4 is 21.4 Å². The summed E-state index contributed by atoms with van der Waals surface area (Å²) in [5.41, 5.74) is -1.26. The molecule has 0 saturated carbocycles. The van der Waals surface area contributed by atoms with Crippen LogP contribution in [0.5, 0.6) is 0 Å². The van der Waals surface area contributed by atoms with Crippen LogP contribution < -0.4 is 0 Å². The van der Waals surface area contributed by atoms with Crippen molar-refractivity contribution in [3.05, 3.63) is 38.4 Å². The minimum Gasteiger partial charge on any atom is -0.302 e. The summed E-state index contributed by atoms with van der Waals surface area (Å²) in [4.78, 5) is 21.9. The summed E-state index contributed by atoms with van der Waals surface area (Å²) in [5.74, 6) is 0. The van der Waals surface area contributed by atoms with Crippen LogP contribution in [0.1, 0.15) is 19.3 Å². The van der Waals surface area contributed by atoms with E-state index in [0.29, 0.717) is 6.54 Å². The average Bonchev–Trinajstić information content (AvgIpc) is 2.59. The Labute approximate surface area is 145 Å². The first-order chi connectivity index (χ1) is 11.7. The van der Waals surface area contributed by atoms with E-state index in [2.05, 4.69) is 4.90 Å². The van der Waals surface area contributed by atoms with Crippen molar-refractivity contribution in [2.75, 3.05) is 33.2 Å². The third kappa shape index (κ3) is 4.71. The Bertz CT molecular complexity index is 728. The lowest BCUT2D eigenvalue weighted by atomic mass is 10.1.